The Hall–Kier alpha value is -3.51. The number of carbonyl (C=O) groups is 1. The molecule has 37 heavy (non-hydrogen) atoms. The monoisotopic (exact) mass is 536 g/mol. The van der Waals surface area contributed by atoms with Crippen LogP contribution in [0.2, 0.25) is 10.0 Å². The van der Waals surface area contributed by atoms with Crippen LogP contribution in [0.1, 0.15) is 64.5 Å². The van der Waals surface area contributed by atoms with Gasteiger partial charge in [-0.25, -0.2) is 4.79 Å². The van der Waals surface area contributed by atoms with Gasteiger partial charge >= 0.3 is 5.97 Å². The number of hydrogen-bond acceptors (Lipinski definition) is 7. The van der Waals surface area contributed by atoms with Crippen molar-refractivity contribution in [2.24, 2.45) is 0 Å². The SMILES string of the molecule is N#Cc1ccc(C(=O)O)c2ccc(CCCCOCc3c(-c4c(Cl)cncc4Cl)noc3C3CC3)nc12. The average molecular weight is 537 g/mol. The lowest BCUT2D eigenvalue weighted by Crippen LogP contribution is -2.02. The molecule has 0 radical (unpaired) electrons. The number of benzene rings is 1. The van der Waals surface area contributed by atoms with E-state index in [2.05, 4.69) is 21.2 Å². The molecule has 1 aliphatic rings. The first-order valence-electron chi connectivity index (χ1n) is 11.9. The largest absolute Gasteiger partial charge is 0.478 e. The molecule has 3 aromatic heterocycles. The van der Waals surface area contributed by atoms with Gasteiger partial charge < -0.3 is 14.4 Å². The molecule has 0 spiro atoms. The molecule has 3 heterocycles. The van der Waals surface area contributed by atoms with E-state index in [9.17, 15) is 15.2 Å². The molecule has 0 amide bonds. The number of carboxylic acid groups (broad SMARTS) is 1. The minimum absolute atomic E-state index is 0.134. The second kappa shape index (κ2) is 10.9. The summed E-state index contributed by atoms with van der Waals surface area (Å²) < 4.78 is 11.7. The topological polar surface area (TPSA) is 122 Å². The highest BCUT2D eigenvalue weighted by Gasteiger charge is 2.33. The lowest BCUT2D eigenvalue weighted by molar-refractivity contribution is 0.0699. The molecule has 5 rings (SSSR count). The zero-order chi connectivity index (χ0) is 25.9. The third-order valence-electron chi connectivity index (χ3n) is 6.34. The van der Waals surface area contributed by atoms with Crippen LogP contribution in [-0.4, -0.2) is 32.8 Å². The van der Waals surface area contributed by atoms with Gasteiger partial charge in [-0.1, -0.05) is 34.4 Å². The molecule has 0 aliphatic heterocycles. The number of rotatable bonds is 10. The summed E-state index contributed by atoms with van der Waals surface area (Å²) in [4.78, 5) is 20.1. The first-order valence-corrected chi connectivity index (χ1v) is 12.6. The summed E-state index contributed by atoms with van der Waals surface area (Å²) in [6.07, 6.45) is 7.45. The van der Waals surface area contributed by atoms with Crippen molar-refractivity contribution in [1.29, 1.82) is 5.26 Å². The van der Waals surface area contributed by atoms with Crippen LogP contribution in [0, 0.1) is 11.3 Å². The number of hydrogen-bond donors (Lipinski definition) is 1. The molecule has 188 valence electrons. The van der Waals surface area contributed by atoms with Crippen molar-refractivity contribution in [2.75, 3.05) is 6.61 Å². The van der Waals surface area contributed by atoms with E-state index in [0.717, 1.165) is 42.7 Å². The molecule has 10 heteroatoms. The number of nitriles is 1. The van der Waals surface area contributed by atoms with Crippen molar-refractivity contribution >= 4 is 40.1 Å². The summed E-state index contributed by atoms with van der Waals surface area (Å²) in [5, 5.41) is 24.4. The number of ether oxygens (including phenoxy) is 1. The third kappa shape index (κ3) is 5.30. The highest BCUT2D eigenvalue weighted by atomic mass is 35.5. The predicted octanol–water partition coefficient (Wildman–Crippen LogP) is 6.58. The van der Waals surface area contributed by atoms with Crippen molar-refractivity contribution in [3.63, 3.8) is 0 Å². The second-order valence-electron chi connectivity index (χ2n) is 8.91. The fraction of sp³-hybridized carbons (Fsp3) is 0.296. The molecule has 1 saturated carbocycles. The van der Waals surface area contributed by atoms with Gasteiger partial charge in [0.1, 0.15) is 17.5 Å². The first-order chi connectivity index (χ1) is 18.0. The van der Waals surface area contributed by atoms with E-state index in [-0.39, 0.29) is 5.56 Å². The second-order valence-corrected chi connectivity index (χ2v) is 9.73. The summed E-state index contributed by atoms with van der Waals surface area (Å²) >= 11 is 12.7. The van der Waals surface area contributed by atoms with Gasteiger partial charge in [-0.15, -0.1) is 0 Å². The number of unbranched alkanes of at least 4 members (excludes halogenated alkanes) is 1. The highest BCUT2D eigenvalue weighted by molar-refractivity contribution is 6.38. The predicted molar refractivity (Wildman–Crippen MR) is 138 cm³/mol. The van der Waals surface area contributed by atoms with Gasteiger partial charge in [-0.3, -0.25) is 9.97 Å². The Labute approximate surface area is 222 Å². The molecule has 1 fully saturated rings. The Morgan fingerprint density at radius 1 is 1.16 bits per heavy atom. The first kappa shape index (κ1) is 25.2. The molecule has 1 aliphatic carbocycles. The molecule has 1 aromatic carbocycles. The summed E-state index contributed by atoms with van der Waals surface area (Å²) in [7, 11) is 0. The van der Waals surface area contributed by atoms with Crippen molar-refractivity contribution in [1.82, 2.24) is 15.1 Å². The molecule has 0 atom stereocenters. The lowest BCUT2D eigenvalue weighted by Gasteiger charge is -2.09. The van der Waals surface area contributed by atoms with Crippen molar-refractivity contribution in [2.45, 2.75) is 44.6 Å². The van der Waals surface area contributed by atoms with Gasteiger partial charge in [-0.05, 0) is 50.3 Å². The number of aromatic carboxylic acids is 1. The Balaban J connectivity index is 1.21. The summed E-state index contributed by atoms with van der Waals surface area (Å²) in [6.45, 7) is 0.851. The zero-order valence-electron chi connectivity index (χ0n) is 19.7. The lowest BCUT2D eigenvalue weighted by atomic mass is 10.0. The number of nitrogens with zero attached hydrogens (tertiary/aromatic N) is 4. The summed E-state index contributed by atoms with van der Waals surface area (Å²) in [6, 6.07) is 8.56. The third-order valence-corrected chi connectivity index (χ3v) is 6.91. The van der Waals surface area contributed by atoms with Gasteiger partial charge in [0.2, 0.25) is 0 Å². The Bertz CT molecular complexity index is 1500. The van der Waals surface area contributed by atoms with Gasteiger partial charge in [0.25, 0.3) is 0 Å². The average Bonchev–Trinajstić information content (AvgIpc) is 3.65. The van der Waals surface area contributed by atoms with E-state index in [1.807, 2.05) is 6.07 Å². The molecule has 1 N–H and O–H groups in total. The van der Waals surface area contributed by atoms with Crippen LogP contribution in [0.25, 0.3) is 22.2 Å². The van der Waals surface area contributed by atoms with E-state index in [0.29, 0.717) is 63.3 Å². The maximum Gasteiger partial charge on any atom is 0.336 e. The van der Waals surface area contributed by atoms with Crippen LogP contribution in [0.3, 0.4) is 0 Å². The summed E-state index contributed by atoms with van der Waals surface area (Å²) in [5.41, 5.74) is 3.76. The van der Waals surface area contributed by atoms with Gasteiger partial charge in [0.15, 0.2) is 0 Å². The molecule has 8 nitrogen and oxygen atoms in total. The standard InChI is InChI=1S/C27H22Cl2N4O4/c28-21-12-31-13-22(29)23(21)25-20(26(37-33-25)15-4-5-15)14-36-10-2-1-3-17-7-9-18-19(27(34)35)8-6-16(11-30)24(18)32-17/h6-9,12-13,15H,1-5,10,14H2,(H,34,35). The van der Waals surface area contributed by atoms with Crippen LogP contribution in [0.4, 0.5) is 0 Å². The van der Waals surface area contributed by atoms with Crippen molar-refractivity contribution < 1.29 is 19.2 Å². The molecule has 0 saturated heterocycles. The molecular weight excluding hydrogens is 515 g/mol. The van der Waals surface area contributed by atoms with Crippen LogP contribution in [-0.2, 0) is 17.8 Å². The zero-order valence-corrected chi connectivity index (χ0v) is 21.2. The maximum atomic E-state index is 11.5. The van der Waals surface area contributed by atoms with Gasteiger partial charge in [-0.2, -0.15) is 5.26 Å². The maximum absolute atomic E-state index is 11.5. The molecule has 4 aromatic rings. The molecular formula is C27H22Cl2N4O4. The van der Waals surface area contributed by atoms with Crippen LogP contribution < -0.4 is 0 Å². The smallest absolute Gasteiger partial charge is 0.336 e. The fourth-order valence-electron chi connectivity index (χ4n) is 4.32. The number of aromatic nitrogens is 3. The van der Waals surface area contributed by atoms with E-state index in [1.165, 1.54) is 24.5 Å². The van der Waals surface area contributed by atoms with Crippen LogP contribution in [0.15, 0.2) is 41.2 Å². The van der Waals surface area contributed by atoms with E-state index >= 15 is 0 Å². The Kier molecular flexibility index (Phi) is 7.38. The Morgan fingerprint density at radius 2 is 1.95 bits per heavy atom. The summed E-state index contributed by atoms with van der Waals surface area (Å²) in [5.74, 6) is 0.127. The van der Waals surface area contributed by atoms with Crippen LogP contribution >= 0.6 is 23.2 Å². The van der Waals surface area contributed by atoms with E-state index in [1.54, 1.807) is 6.07 Å². The van der Waals surface area contributed by atoms with Crippen LogP contribution in [0.5, 0.6) is 0 Å². The van der Waals surface area contributed by atoms with Gasteiger partial charge in [0, 0.05) is 47.1 Å². The minimum Gasteiger partial charge on any atom is -0.478 e. The number of pyridine rings is 2. The van der Waals surface area contributed by atoms with Crippen molar-refractivity contribution in [3.05, 3.63) is 74.8 Å². The number of halogens is 2. The van der Waals surface area contributed by atoms with E-state index in [4.69, 9.17) is 32.5 Å². The van der Waals surface area contributed by atoms with Gasteiger partial charge in [0.05, 0.1) is 33.3 Å². The molecule has 0 unspecified atom stereocenters. The Morgan fingerprint density at radius 3 is 2.65 bits per heavy atom. The molecule has 0 bridgehead atoms. The number of fused-ring (bicyclic) bond motifs is 1. The quantitative estimate of drug-likeness (QED) is 0.225. The fourth-order valence-corrected chi connectivity index (χ4v) is 4.86. The minimum atomic E-state index is -1.05. The number of aryl methyl sites for hydroxylation is 1. The van der Waals surface area contributed by atoms with Crippen molar-refractivity contribution in [3.8, 4) is 17.3 Å². The van der Waals surface area contributed by atoms with E-state index < -0.39 is 5.97 Å². The highest BCUT2D eigenvalue weighted by Crippen LogP contribution is 2.45. The number of carboxylic acids is 1. The normalized spacial score (nSPS) is 13.1.